The molecule has 0 aliphatic heterocycles. The Hall–Kier alpha value is -1.02. The van der Waals surface area contributed by atoms with Gasteiger partial charge in [-0.15, -0.1) is 0 Å². The van der Waals surface area contributed by atoms with Crippen LogP contribution in [0.25, 0.3) is 0 Å². The van der Waals surface area contributed by atoms with Gasteiger partial charge in [0.15, 0.2) is 5.25 Å². The zero-order valence-corrected chi connectivity index (χ0v) is 12.5. The van der Waals surface area contributed by atoms with E-state index in [9.17, 15) is 21.6 Å². The van der Waals surface area contributed by atoms with Crippen LogP contribution in [0, 0.1) is 6.92 Å². The maximum absolute atomic E-state index is 12.7. The van der Waals surface area contributed by atoms with Crippen molar-refractivity contribution in [2.45, 2.75) is 51.7 Å². The van der Waals surface area contributed by atoms with E-state index in [2.05, 4.69) is 0 Å². The molecule has 0 N–H and O–H groups in total. The van der Waals surface area contributed by atoms with Gasteiger partial charge in [0.05, 0.1) is 6.54 Å². The van der Waals surface area contributed by atoms with Crippen LogP contribution in [0.3, 0.4) is 0 Å². The average Bonchev–Trinajstić information content (AvgIpc) is 2.69. The van der Waals surface area contributed by atoms with Crippen LogP contribution in [0.4, 0.5) is 13.2 Å². The number of halogens is 3. The number of alkyl halides is 3. The summed E-state index contributed by atoms with van der Waals surface area (Å²) in [5, 5.41) is -2.45. The van der Waals surface area contributed by atoms with E-state index in [1.54, 1.807) is 19.1 Å². The highest BCUT2D eigenvalue weighted by Gasteiger charge is 2.48. The minimum atomic E-state index is -4.80. The van der Waals surface area contributed by atoms with E-state index in [0.717, 1.165) is 4.31 Å². The molecule has 20 heavy (non-hydrogen) atoms. The number of hydrogen-bond acceptors (Lipinski definition) is 3. The molecule has 0 bridgehead atoms. The smallest absolute Gasteiger partial charge is 0.406 e. The second kappa shape index (κ2) is 5.77. The first kappa shape index (κ1) is 17.0. The third-order valence-electron chi connectivity index (χ3n) is 2.92. The average molecular weight is 313 g/mol. The number of rotatable bonds is 5. The van der Waals surface area contributed by atoms with Crippen molar-refractivity contribution in [3.8, 4) is 0 Å². The molecule has 0 aliphatic rings. The van der Waals surface area contributed by atoms with Gasteiger partial charge >= 0.3 is 6.18 Å². The van der Waals surface area contributed by atoms with Gasteiger partial charge in [-0.3, -0.25) is 0 Å². The molecule has 0 unspecified atom stereocenters. The van der Waals surface area contributed by atoms with Crippen molar-refractivity contribution in [3.05, 3.63) is 23.7 Å². The van der Waals surface area contributed by atoms with Gasteiger partial charge in [-0.2, -0.15) is 17.5 Å². The zero-order valence-electron chi connectivity index (χ0n) is 11.7. The summed E-state index contributed by atoms with van der Waals surface area (Å²) < 4.78 is 68.3. The van der Waals surface area contributed by atoms with Crippen molar-refractivity contribution < 1.29 is 26.0 Å². The Kier molecular flexibility index (Phi) is 4.91. The van der Waals surface area contributed by atoms with Crippen molar-refractivity contribution in [1.29, 1.82) is 0 Å². The predicted octanol–water partition coefficient (Wildman–Crippen LogP) is 3.08. The molecule has 1 aromatic rings. The van der Waals surface area contributed by atoms with Gasteiger partial charge in [0.25, 0.3) is 0 Å². The molecule has 0 spiro atoms. The summed E-state index contributed by atoms with van der Waals surface area (Å²) in [5.74, 6) is 0.888. The summed E-state index contributed by atoms with van der Waals surface area (Å²) in [6, 6.07) is 2.58. The predicted molar refractivity (Wildman–Crippen MR) is 68.6 cm³/mol. The van der Waals surface area contributed by atoms with E-state index in [0.29, 0.717) is 18.4 Å². The molecule has 1 aromatic heterocycles. The Morgan fingerprint density at radius 2 is 1.80 bits per heavy atom. The molecule has 0 aliphatic carbocycles. The van der Waals surface area contributed by atoms with Gasteiger partial charge in [0.2, 0.25) is 10.0 Å². The van der Waals surface area contributed by atoms with Crippen molar-refractivity contribution in [1.82, 2.24) is 4.31 Å². The summed E-state index contributed by atoms with van der Waals surface area (Å²) in [5.41, 5.74) is 0. The van der Waals surface area contributed by atoms with Crippen LogP contribution in [-0.4, -0.2) is 30.2 Å². The lowest BCUT2D eigenvalue weighted by atomic mass is 10.3. The van der Waals surface area contributed by atoms with Crippen molar-refractivity contribution in [2.24, 2.45) is 0 Å². The Bertz CT molecular complexity index is 549. The van der Waals surface area contributed by atoms with Gasteiger partial charge in [0.1, 0.15) is 11.5 Å². The summed E-state index contributed by atoms with van der Waals surface area (Å²) in [7, 11) is -4.50. The van der Waals surface area contributed by atoms with Crippen LogP contribution in [0.1, 0.15) is 32.3 Å². The van der Waals surface area contributed by atoms with Crippen molar-refractivity contribution >= 4 is 10.0 Å². The van der Waals surface area contributed by atoms with E-state index in [1.807, 2.05) is 0 Å². The van der Waals surface area contributed by atoms with Crippen LogP contribution >= 0.6 is 0 Å². The summed E-state index contributed by atoms with van der Waals surface area (Å²) in [6.07, 6.45) is -4.80. The van der Waals surface area contributed by atoms with Gasteiger partial charge < -0.3 is 4.42 Å². The molecule has 0 amide bonds. The number of nitrogens with zero attached hydrogens (tertiary/aromatic N) is 1. The lowest BCUT2D eigenvalue weighted by molar-refractivity contribution is -0.127. The normalized spacial score (nSPS) is 15.1. The van der Waals surface area contributed by atoms with E-state index in [-0.39, 0.29) is 6.54 Å². The summed E-state index contributed by atoms with van der Waals surface area (Å²) >= 11 is 0. The Morgan fingerprint density at radius 1 is 1.25 bits per heavy atom. The van der Waals surface area contributed by atoms with Gasteiger partial charge in [-0.25, -0.2) is 8.42 Å². The SMILES string of the molecule is Cc1ccc(CN(C(C)C)S(=O)(=O)[C@H](C)C(F)(F)F)o1. The highest BCUT2D eigenvalue weighted by atomic mass is 32.2. The quantitative estimate of drug-likeness (QED) is 0.839. The third-order valence-corrected chi connectivity index (χ3v) is 5.28. The minimum Gasteiger partial charge on any atom is -0.465 e. The first-order valence-corrected chi connectivity index (χ1v) is 7.59. The molecule has 0 aromatic carbocycles. The molecule has 0 saturated heterocycles. The molecule has 0 saturated carbocycles. The fourth-order valence-electron chi connectivity index (χ4n) is 1.66. The van der Waals surface area contributed by atoms with Crippen LogP contribution in [0.15, 0.2) is 16.5 Å². The molecule has 1 heterocycles. The topological polar surface area (TPSA) is 50.5 Å². The molecule has 1 atom stereocenters. The summed E-state index contributed by atoms with van der Waals surface area (Å²) in [6.45, 7) is 5.16. The third kappa shape index (κ3) is 3.76. The molecular formula is C12H18F3NO3S. The van der Waals surface area contributed by atoms with Crippen LogP contribution in [-0.2, 0) is 16.6 Å². The van der Waals surface area contributed by atoms with Gasteiger partial charge in [-0.05, 0) is 39.8 Å². The molecule has 4 nitrogen and oxygen atoms in total. The number of aryl methyl sites for hydroxylation is 1. The van der Waals surface area contributed by atoms with Gasteiger partial charge in [0, 0.05) is 6.04 Å². The van der Waals surface area contributed by atoms with E-state index in [4.69, 9.17) is 4.42 Å². The van der Waals surface area contributed by atoms with E-state index in [1.165, 1.54) is 13.8 Å². The monoisotopic (exact) mass is 313 g/mol. The molecule has 8 heteroatoms. The number of hydrogen-bond donors (Lipinski definition) is 0. The standard InChI is InChI=1S/C12H18F3NO3S/c1-8(2)16(7-11-6-5-9(3)19-11)20(17,18)10(4)12(13,14)15/h5-6,8,10H,7H2,1-4H3/t10-/m1/s1. The molecule has 1 rings (SSSR count). The molecular weight excluding hydrogens is 295 g/mol. The Morgan fingerprint density at radius 3 is 2.15 bits per heavy atom. The molecule has 116 valence electrons. The number of sulfonamides is 1. The van der Waals surface area contributed by atoms with Crippen LogP contribution < -0.4 is 0 Å². The Balaban J connectivity index is 3.07. The van der Waals surface area contributed by atoms with E-state index >= 15 is 0 Å². The molecule has 0 radical (unpaired) electrons. The van der Waals surface area contributed by atoms with Crippen molar-refractivity contribution in [2.75, 3.05) is 0 Å². The second-order valence-electron chi connectivity index (χ2n) is 4.88. The zero-order chi connectivity index (χ0) is 15.7. The van der Waals surface area contributed by atoms with Gasteiger partial charge in [-0.1, -0.05) is 0 Å². The first-order chi connectivity index (χ1) is 8.96. The van der Waals surface area contributed by atoms with Crippen molar-refractivity contribution in [3.63, 3.8) is 0 Å². The first-order valence-electron chi connectivity index (χ1n) is 6.09. The van der Waals surface area contributed by atoms with Crippen LogP contribution in [0.5, 0.6) is 0 Å². The lowest BCUT2D eigenvalue weighted by Crippen LogP contribution is -2.46. The maximum atomic E-state index is 12.7. The fraction of sp³-hybridized carbons (Fsp3) is 0.667. The lowest BCUT2D eigenvalue weighted by Gasteiger charge is -2.29. The fourth-order valence-corrected chi connectivity index (χ4v) is 3.30. The largest absolute Gasteiger partial charge is 0.465 e. The van der Waals surface area contributed by atoms with E-state index < -0.39 is 27.5 Å². The highest BCUT2D eigenvalue weighted by Crippen LogP contribution is 2.29. The van der Waals surface area contributed by atoms with Crippen LogP contribution in [0.2, 0.25) is 0 Å². The number of furan rings is 1. The second-order valence-corrected chi connectivity index (χ2v) is 7.09. The Labute approximate surface area is 116 Å². The molecule has 0 fully saturated rings. The highest BCUT2D eigenvalue weighted by molar-refractivity contribution is 7.89. The minimum absolute atomic E-state index is 0.214. The summed E-state index contributed by atoms with van der Waals surface area (Å²) in [4.78, 5) is 0. The maximum Gasteiger partial charge on any atom is 0.406 e.